The first-order valence-corrected chi connectivity index (χ1v) is 10.4. The number of carbonyl (C=O) groups is 1. The molecule has 1 amide bonds. The van der Waals surface area contributed by atoms with Gasteiger partial charge in [0.05, 0.1) is 22.3 Å². The molecule has 0 bridgehead atoms. The van der Waals surface area contributed by atoms with Crippen molar-refractivity contribution in [2.75, 3.05) is 0 Å². The number of hydrogen-bond donors (Lipinski definition) is 0. The molecule has 144 valence electrons. The fourth-order valence-electron chi connectivity index (χ4n) is 3.53. The molecule has 5 nitrogen and oxygen atoms in total. The maximum absolute atomic E-state index is 12.1. The largest absolute Gasteiger partial charge is 0.436 e. The smallest absolute Gasteiger partial charge is 0.240 e. The molecule has 0 radical (unpaired) electrons. The number of carbonyl (C=O) groups excluding carboxylic acids is 1. The van der Waals surface area contributed by atoms with E-state index in [0.29, 0.717) is 22.9 Å². The fourth-order valence-corrected chi connectivity index (χ4v) is 4.56. The van der Waals surface area contributed by atoms with Crippen LogP contribution in [0.4, 0.5) is 0 Å². The number of halogens is 1. The van der Waals surface area contributed by atoms with Gasteiger partial charge in [0.25, 0.3) is 0 Å². The van der Waals surface area contributed by atoms with Gasteiger partial charge in [-0.15, -0.1) is 11.3 Å². The van der Waals surface area contributed by atoms with Crippen LogP contribution in [0.15, 0.2) is 69.5 Å². The molecule has 0 fully saturated rings. The lowest BCUT2D eigenvalue weighted by molar-refractivity contribution is -0.130. The average molecular weight is 422 g/mol. The number of aromatic nitrogens is 1. The Morgan fingerprint density at radius 3 is 2.83 bits per heavy atom. The van der Waals surface area contributed by atoms with E-state index in [4.69, 9.17) is 16.0 Å². The SMILES string of the molecule is CC(=O)N1N=C(c2ccc3oc(-c4ccccc4Cl)nc3c2)CC1c1cccs1. The van der Waals surface area contributed by atoms with Crippen molar-refractivity contribution in [3.8, 4) is 11.5 Å². The number of fused-ring (bicyclic) bond motifs is 1. The van der Waals surface area contributed by atoms with Crippen molar-refractivity contribution in [2.45, 2.75) is 19.4 Å². The molecule has 7 heteroatoms. The van der Waals surface area contributed by atoms with Gasteiger partial charge >= 0.3 is 0 Å². The van der Waals surface area contributed by atoms with Crippen LogP contribution in [0.1, 0.15) is 29.8 Å². The van der Waals surface area contributed by atoms with Gasteiger partial charge in [-0.05, 0) is 41.8 Å². The minimum Gasteiger partial charge on any atom is -0.436 e. The third-order valence-electron chi connectivity index (χ3n) is 4.93. The molecule has 1 unspecified atom stereocenters. The van der Waals surface area contributed by atoms with Crippen molar-refractivity contribution in [1.29, 1.82) is 0 Å². The molecule has 5 rings (SSSR count). The van der Waals surface area contributed by atoms with Gasteiger partial charge < -0.3 is 4.42 Å². The summed E-state index contributed by atoms with van der Waals surface area (Å²) in [7, 11) is 0. The van der Waals surface area contributed by atoms with E-state index in [1.807, 2.05) is 60.0 Å². The molecule has 0 aliphatic carbocycles. The Morgan fingerprint density at radius 1 is 1.21 bits per heavy atom. The summed E-state index contributed by atoms with van der Waals surface area (Å²) >= 11 is 7.91. The lowest BCUT2D eigenvalue weighted by Gasteiger charge is -2.18. The topological polar surface area (TPSA) is 58.7 Å². The standard InChI is InChI=1S/C22H16ClN3O2S/c1-13(27)26-19(21-7-4-10-29-21)12-17(25-26)14-8-9-20-18(11-14)24-22(28-20)15-5-2-3-6-16(15)23/h2-11,19H,12H2,1H3. The van der Waals surface area contributed by atoms with Crippen LogP contribution in [0.2, 0.25) is 5.02 Å². The van der Waals surface area contributed by atoms with Crippen molar-refractivity contribution in [1.82, 2.24) is 9.99 Å². The molecule has 3 heterocycles. The van der Waals surface area contributed by atoms with E-state index >= 15 is 0 Å². The zero-order valence-corrected chi connectivity index (χ0v) is 17.1. The van der Waals surface area contributed by atoms with E-state index in [9.17, 15) is 4.79 Å². The number of nitrogens with zero attached hydrogens (tertiary/aromatic N) is 3. The summed E-state index contributed by atoms with van der Waals surface area (Å²) in [5.74, 6) is 0.417. The summed E-state index contributed by atoms with van der Waals surface area (Å²) in [5, 5.41) is 8.79. The van der Waals surface area contributed by atoms with E-state index < -0.39 is 0 Å². The second kappa shape index (κ2) is 7.13. The molecule has 0 saturated heterocycles. The van der Waals surface area contributed by atoms with Crippen molar-refractivity contribution in [2.24, 2.45) is 5.10 Å². The Morgan fingerprint density at radius 2 is 2.07 bits per heavy atom. The maximum Gasteiger partial charge on any atom is 0.240 e. The fraction of sp³-hybridized carbons (Fsp3) is 0.136. The van der Waals surface area contributed by atoms with E-state index in [1.54, 1.807) is 23.3 Å². The summed E-state index contributed by atoms with van der Waals surface area (Å²) in [5.41, 5.74) is 3.96. The Hall–Kier alpha value is -2.96. The molecule has 4 aromatic rings. The second-order valence-corrected chi connectivity index (χ2v) is 8.21. The molecular formula is C22H16ClN3O2S. The van der Waals surface area contributed by atoms with Crippen LogP contribution in [0.5, 0.6) is 0 Å². The van der Waals surface area contributed by atoms with Crippen LogP contribution in [0.25, 0.3) is 22.6 Å². The van der Waals surface area contributed by atoms with Gasteiger partial charge in [-0.25, -0.2) is 9.99 Å². The van der Waals surface area contributed by atoms with Crippen LogP contribution >= 0.6 is 22.9 Å². The maximum atomic E-state index is 12.1. The first kappa shape index (κ1) is 18.1. The summed E-state index contributed by atoms with van der Waals surface area (Å²) in [4.78, 5) is 17.9. The van der Waals surface area contributed by atoms with E-state index in [0.717, 1.165) is 27.2 Å². The molecule has 0 spiro atoms. The monoisotopic (exact) mass is 421 g/mol. The van der Waals surface area contributed by atoms with Gasteiger partial charge in [0.1, 0.15) is 5.52 Å². The molecule has 1 aliphatic rings. The Kier molecular flexibility index (Phi) is 4.45. The molecule has 29 heavy (non-hydrogen) atoms. The van der Waals surface area contributed by atoms with Crippen LogP contribution in [0.3, 0.4) is 0 Å². The molecule has 0 N–H and O–H groups in total. The number of rotatable bonds is 3. The van der Waals surface area contributed by atoms with E-state index in [-0.39, 0.29) is 11.9 Å². The van der Waals surface area contributed by atoms with Crippen molar-refractivity contribution in [3.63, 3.8) is 0 Å². The Bertz CT molecular complexity index is 1250. The first-order valence-electron chi connectivity index (χ1n) is 9.17. The van der Waals surface area contributed by atoms with Crippen LogP contribution < -0.4 is 0 Å². The highest BCUT2D eigenvalue weighted by atomic mass is 35.5. The highest BCUT2D eigenvalue weighted by Gasteiger charge is 2.32. The predicted octanol–water partition coefficient (Wildman–Crippen LogP) is 5.91. The summed E-state index contributed by atoms with van der Waals surface area (Å²) in [6, 6.07) is 17.2. The van der Waals surface area contributed by atoms with Crippen LogP contribution in [-0.4, -0.2) is 21.6 Å². The van der Waals surface area contributed by atoms with E-state index in [1.165, 1.54) is 0 Å². The average Bonchev–Trinajstić information content (AvgIpc) is 3.45. The van der Waals surface area contributed by atoms with Crippen LogP contribution in [-0.2, 0) is 4.79 Å². The van der Waals surface area contributed by atoms with Gasteiger partial charge in [-0.2, -0.15) is 5.10 Å². The van der Waals surface area contributed by atoms with Gasteiger partial charge in [0.2, 0.25) is 11.8 Å². The first-order chi connectivity index (χ1) is 14.1. The third kappa shape index (κ3) is 3.24. The zero-order valence-electron chi connectivity index (χ0n) is 15.5. The lowest BCUT2D eigenvalue weighted by Crippen LogP contribution is -2.23. The zero-order chi connectivity index (χ0) is 20.0. The molecule has 1 aliphatic heterocycles. The van der Waals surface area contributed by atoms with Crippen molar-refractivity contribution in [3.05, 3.63) is 75.4 Å². The van der Waals surface area contributed by atoms with Gasteiger partial charge in [-0.1, -0.05) is 29.8 Å². The molecule has 2 aromatic heterocycles. The molecule has 2 aromatic carbocycles. The molecule has 0 saturated carbocycles. The Balaban J connectivity index is 1.51. The summed E-state index contributed by atoms with van der Waals surface area (Å²) in [6.45, 7) is 1.55. The second-order valence-electron chi connectivity index (χ2n) is 6.83. The lowest BCUT2D eigenvalue weighted by atomic mass is 10.0. The van der Waals surface area contributed by atoms with Gasteiger partial charge in [-0.3, -0.25) is 4.79 Å². The normalized spacial score (nSPS) is 16.4. The third-order valence-corrected chi connectivity index (χ3v) is 6.23. The number of hydrazone groups is 1. The quantitative estimate of drug-likeness (QED) is 0.413. The highest BCUT2D eigenvalue weighted by Crippen LogP contribution is 2.36. The summed E-state index contributed by atoms with van der Waals surface area (Å²) in [6.07, 6.45) is 0.667. The molecule has 1 atom stereocenters. The highest BCUT2D eigenvalue weighted by molar-refractivity contribution is 7.10. The molecular weight excluding hydrogens is 406 g/mol. The van der Waals surface area contributed by atoms with Gasteiger partial charge in [0.15, 0.2) is 5.58 Å². The summed E-state index contributed by atoms with van der Waals surface area (Å²) < 4.78 is 5.89. The minimum absolute atomic E-state index is 0.0609. The van der Waals surface area contributed by atoms with Crippen molar-refractivity contribution >= 4 is 45.7 Å². The van der Waals surface area contributed by atoms with Crippen molar-refractivity contribution < 1.29 is 9.21 Å². The van der Waals surface area contributed by atoms with Crippen LogP contribution in [0, 0.1) is 0 Å². The van der Waals surface area contributed by atoms with E-state index in [2.05, 4.69) is 10.1 Å². The number of benzene rings is 2. The minimum atomic E-state index is -0.0677. The number of hydrogen-bond acceptors (Lipinski definition) is 5. The number of oxazole rings is 1. The Labute approximate surface area is 176 Å². The van der Waals surface area contributed by atoms with Gasteiger partial charge in [0, 0.05) is 23.8 Å². The number of thiophene rings is 1. The number of amides is 1. The predicted molar refractivity (Wildman–Crippen MR) is 115 cm³/mol.